The van der Waals surface area contributed by atoms with Crippen molar-refractivity contribution in [2.24, 2.45) is 4.99 Å². The first-order chi connectivity index (χ1) is 15.3. The van der Waals surface area contributed by atoms with Gasteiger partial charge in [0.15, 0.2) is 5.58 Å². The van der Waals surface area contributed by atoms with E-state index in [-0.39, 0.29) is 6.17 Å². The van der Waals surface area contributed by atoms with E-state index in [1.807, 2.05) is 38.1 Å². The Morgan fingerprint density at radius 1 is 1.31 bits per heavy atom. The number of oxazole rings is 1. The number of rotatable bonds is 3. The van der Waals surface area contributed by atoms with Crippen molar-refractivity contribution in [3.8, 4) is 0 Å². The van der Waals surface area contributed by atoms with Gasteiger partial charge < -0.3 is 20.2 Å². The molecule has 0 spiro atoms. The fraction of sp³-hybridized carbons (Fsp3) is 0.261. The Hall–Kier alpha value is -3.52. The molecule has 9 heteroatoms. The van der Waals surface area contributed by atoms with Gasteiger partial charge in [0.05, 0.1) is 10.5 Å². The maximum atomic E-state index is 12.4. The van der Waals surface area contributed by atoms with E-state index in [1.165, 1.54) is 0 Å². The van der Waals surface area contributed by atoms with Crippen LogP contribution in [0, 0.1) is 0 Å². The van der Waals surface area contributed by atoms with Crippen molar-refractivity contribution in [1.29, 1.82) is 0 Å². The highest BCUT2D eigenvalue weighted by molar-refractivity contribution is 6.45. The van der Waals surface area contributed by atoms with Crippen LogP contribution < -0.4 is 16.4 Å². The van der Waals surface area contributed by atoms with Gasteiger partial charge in [0, 0.05) is 11.4 Å². The smallest absolute Gasteiger partial charge is 0.420 e. The highest BCUT2D eigenvalue weighted by atomic mass is 35.5. The second-order valence-corrected chi connectivity index (χ2v) is 8.00. The van der Waals surface area contributed by atoms with Crippen LogP contribution in [0.25, 0.3) is 11.1 Å². The molecular formula is C23H23ClN4O4. The number of halogens is 1. The van der Waals surface area contributed by atoms with Gasteiger partial charge in [-0.3, -0.25) is 9.36 Å². The summed E-state index contributed by atoms with van der Waals surface area (Å²) in [5.41, 5.74) is 4.25. The molecule has 0 aliphatic carbocycles. The Balaban J connectivity index is 1.91. The van der Waals surface area contributed by atoms with Gasteiger partial charge in [-0.05, 0) is 62.1 Å². The zero-order chi connectivity index (χ0) is 22.8. The Morgan fingerprint density at radius 2 is 2.12 bits per heavy atom. The molecule has 0 radical (unpaired) electrons. The summed E-state index contributed by atoms with van der Waals surface area (Å²) in [6.45, 7) is 3.24. The van der Waals surface area contributed by atoms with Gasteiger partial charge in [0.2, 0.25) is 0 Å². The summed E-state index contributed by atoms with van der Waals surface area (Å²) in [4.78, 5) is 28.4. The first-order valence-corrected chi connectivity index (χ1v) is 10.6. The number of aryl methyl sites for hydroxylation is 2. The van der Waals surface area contributed by atoms with Crippen LogP contribution in [0.5, 0.6) is 0 Å². The highest BCUT2D eigenvalue weighted by Crippen LogP contribution is 2.27. The van der Waals surface area contributed by atoms with Crippen molar-refractivity contribution < 1.29 is 14.3 Å². The maximum Gasteiger partial charge on any atom is 0.420 e. The fourth-order valence-corrected chi connectivity index (χ4v) is 3.86. The second kappa shape index (κ2) is 8.92. The summed E-state index contributed by atoms with van der Waals surface area (Å²) < 4.78 is 6.58. The minimum atomic E-state index is -1.13. The Kier molecular flexibility index (Phi) is 6.05. The number of nitrogens with zero attached hydrogens (tertiary/aromatic N) is 2. The van der Waals surface area contributed by atoms with E-state index in [0.717, 1.165) is 21.4 Å². The van der Waals surface area contributed by atoms with Gasteiger partial charge >= 0.3 is 11.7 Å². The molecule has 1 unspecified atom stereocenters. The van der Waals surface area contributed by atoms with E-state index in [0.29, 0.717) is 40.5 Å². The molecule has 32 heavy (non-hydrogen) atoms. The summed E-state index contributed by atoms with van der Waals surface area (Å²) in [6.07, 6.45) is 2.76. The molecule has 4 rings (SSSR count). The number of aliphatic carboxylic acids is 1. The number of allylic oxidation sites excluding steroid dienone is 1. The number of fused-ring (bicyclic) bond motifs is 6. The van der Waals surface area contributed by atoms with Crippen molar-refractivity contribution in [3.05, 3.63) is 69.2 Å². The van der Waals surface area contributed by atoms with Crippen LogP contribution in [0.1, 0.15) is 25.0 Å². The number of benzene rings is 2. The third-order valence-electron chi connectivity index (χ3n) is 5.19. The van der Waals surface area contributed by atoms with E-state index in [1.54, 1.807) is 12.1 Å². The number of aromatic nitrogens is 1. The largest absolute Gasteiger partial charge is 0.480 e. The lowest BCUT2D eigenvalue weighted by Crippen LogP contribution is -2.21. The number of carbonyl (C=O) groups is 1. The summed E-state index contributed by atoms with van der Waals surface area (Å²) in [5.74, 6) is -1.39. The number of nitrogens with one attached hydrogen (secondary N) is 2. The van der Waals surface area contributed by atoms with Crippen molar-refractivity contribution in [2.45, 2.75) is 39.4 Å². The molecule has 0 saturated carbocycles. The molecule has 166 valence electrons. The SMILES string of the molecule is C/C=C(Cl)\C1=N/C(C)Nc2cccc(c2)CCc2cc(cc3c2oc(=O)n3CC(=O)O)N1. The predicted molar refractivity (Wildman–Crippen MR) is 126 cm³/mol. The minimum Gasteiger partial charge on any atom is -0.480 e. The number of anilines is 2. The van der Waals surface area contributed by atoms with Crippen LogP contribution in [-0.4, -0.2) is 27.6 Å². The molecule has 0 amide bonds. The Bertz CT molecular complexity index is 1310. The summed E-state index contributed by atoms with van der Waals surface area (Å²) in [6, 6.07) is 11.6. The second-order valence-electron chi connectivity index (χ2n) is 7.59. The third kappa shape index (κ3) is 4.55. The van der Waals surface area contributed by atoms with Crippen molar-refractivity contribution >= 4 is 45.9 Å². The van der Waals surface area contributed by atoms with Crippen molar-refractivity contribution in [3.63, 3.8) is 0 Å². The van der Waals surface area contributed by atoms with Gasteiger partial charge in [-0.2, -0.15) is 0 Å². The zero-order valence-electron chi connectivity index (χ0n) is 17.7. The molecule has 1 aliphatic rings. The van der Waals surface area contributed by atoms with Crippen molar-refractivity contribution in [1.82, 2.24) is 4.57 Å². The average Bonchev–Trinajstić information content (AvgIpc) is 3.05. The van der Waals surface area contributed by atoms with E-state index in [9.17, 15) is 14.7 Å². The average molecular weight is 455 g/mol. The van der Waals surface area contributed by atoms with Gasteiger partial charge in [0.1, 0.15) is 18.5 Å². The van der Waals surface area contributed by atoms with E-state index >= 15 is 0 Å². The van der Waals surface area contributed by atoms with Gasteiger partial charge in [0.25, 0.3) is 0 Å². The normalized spacial score (nSPS) is 18.4. The zero-order valence-corrected chi connectivity index (χ0v) is 18.4. The first kappa shape index (κ1) is 21.7. The lowest BCUT2D eigenvalue weighted by Gasteiger charge is -2.16. The number of aliphatic imine (C=N–C) groups is 1. The molecule has 2 heterocycles. The van der Waals surface area contributed by atoms with Gasteiger partial charge in [-0.15, -0.1) is 0 Å². The van der Waals surface area contributed by atoms with E-state index < -0.39 is 18.3 Å². The molecule has 3 N–H and O–H groups in total. The molecule has 0 fully saturated rings. The molecule has 3 aromatic rings. The molecule has 4 bridgehead atoms. The van der Waals surface area contributed by atoms with Crippen LogP contribution >= 0.6 is 11.6 Å². The highest BCUT2D eigenvalue weighted by Gasteiger charge is 2.18. The molecule has 0 saturated heterocycles. The predicted octanol–water partition coefficient (Wildman–Crippen LogP) is 4.19. The quantitative estimate of drug-likeness (QED) is 0.547. The van der Waals surface area contributed by atoms with Crippen LogP contribution in [-0.2, 0) is 24.2 Å². The van der Waals surface area contributed by atoms with Crippen LogP contribution in [0.3, 0.4) is 0 Å². The van der Waals surface area contributed by atoms with Crippen molar-refractivity contribution in [2.75, 3.05) is 10.6 Å². The monoisotopic (exact) mass is 454 g/mol. The molecule has 1 atom stereocenters. The van der Waals surface area contributed by atoms with Gasteiger partial charge in [-0.1, -0.05) is 29.8 Å². The van der Waals surface area contributed by atoms with Gasteiger partial charge in [-0.25, -0.2) is 9.79 Å². The number of carboxylic acids is 1. The minimum absolute atomic E-state index is 0.274. The van der Waals surface area contributed by atoms with Crippen LogP contribution in [0.2, 0.25) is 0 Å². The Morgan fingerprint density at radius 3 is 2.88 bits per heavy atom. The number of carboxylic acid groups (broad SMARTS) is 1. The summed E-state index contributed by atoms with van der Waals surface area (Å²) in [7, 11) is 0. The summed E-state index contributed by atoms with van der Waals surface area (Å²) in [5, 5.41) is 16.3. The standard InChI is InChI=1S/C23H23ClN4O4/c1-3-18(24)22-26-13(2)25-16-6-4-5-14(9-16)7-8-15-10-17(27-22)11-19-21(15)32-23(31)28(19)12-20(29)30/h3-6,9-11,13,25H,7-8,12H2,1-2H3,(H,26,27)(H,29,30)/b18-3+. The summed E-state index contributed by atoms with van der Waals surface area (Å²) >= 11 is 6.42. The molecule has 1 aliphatic heterocycles. The molecule has 2 aromatic carbocycles. The van der Waals surface area contributed by atoms with E-state index in [4.69, 9.17) is 16.0 Å². The fourth-order valence-electron chi connectivity index (χ4n) is 3.76. The number of amidine groups is 1. The number of hydrogen-bond acceptors (Lipinski definition) is 6. The third-order valence-corrected chi connectivity index (χ3v) is 5.59. The van der Waals surface area contributed by atoms with Crippen LogP contribution in [0.4, 0.5) is 11.4 Å². The topological polar surface area (TPSA) is 109 Å². The maximum absolute atomic E-state index is 12.4. The van der Waals surface area contributed by atoms with E-state index in [2.05, 4.69) is 21.7 Å². The van der Waals surface area contributed by atoms with Crippen LogP contribution in [0.15, 0.2) is 61.7 Å². The number of hydrogen-bond donors (Lipinski definition) is 3. The lowest BCUT2D eigenvalue weighted by atomic mass is 10.0. The molecular weight excluding hydrogens is 432 g/mol. The molecule has 1 aromatic heterocycles. The Labute approximate surface area is 189 Å². The first-order valence-electron chi connectivity index (χ1n) is 10.2. The lowest BCUT2D eigenvalue weighted by molar-refractivity contribution is -0.137. The molecule has 8 nitrogen and oxygen atoms in total.